The van der Waals surface area contributed by atoms with Gasteiger partial charge in [0.15, 0.2) is 0 Å². The molecule has 1 heterocycles. The highest BCUT2D eigenvalue weighted by Crippen LogP contribution is 2.21. The van der Waals surface area contributed by atoms with Gasteiger partial charge in [-0.05, 0) is 62.4 Å². The summed E-state index contributed by atoms with van der Waals surface area (Å²) in [5, 5.41) is 3.74. The molecule has 1 aliphatic heterocycles. The average molecular weight is 288 g/mol. The minimum atomic E-state index is 0.476. The Bertz CT molecular complexity index is 391. The smallest absolute Gasteiger partial charge is 0.0449 e. The Morgan fingerprint density at radius 1 is 1.14 bits per heavy atom. The third-order valence-corrected chi connectivity index (χ3v) is 4.75. The Balaban J connectivity index is 1.99. The molecule has 1 saturated heterocycles. The fourth-order valence-corrected chi connectivity index (χ4v) is 3.09. The molecule has 2 rings (SSSR count). The molecule has 1 aromatic carbocycles. The number of hydrogen-bond acceptors (Lipinski definition) is 2. The van der Waals surface area contributed by atoms with E-state index in [2.05, 4.69) is 55.3 Å². The number of rotatable bonds is 7. The van der Waals surface area contributed by atoms with Crippen molar-refractivity contribution in [3.05, 3.63) is 35.4 Å². The molecule has 0 bridgehead atoms. The van der Waals surface area contributed by atoms with Crippen LogP contribution in [0.4, 0.5) is 0 Å². The van der Waals surface area contributed by atoms with Crippen LogP contribution in [0.2, 0.25) is 0 Å². The zero-order valence-corrected chi connectivity index (χ0v) is 14.1. The van der Waals surface area contributed by atoms with Gasteiger partial charge in [0.25, 0.3) is 0 Å². The highest BCUT2D eigenvalue weighted by Gasteiger charge is 2.20. The summed E-state index contributed by atoms with van der Waals surface area (Å²) < 4.78 is 0. The Labute approximate surface area is 130 Å². The average Bonchev–Trinajstić information content (AvgIpc) is 2.53. The zero-order chi connectivity index (χ0) is 15.1. The molecule has 0 saturated carbocycles. The van der Waals surface area contributed by atoms with Gasteiger partial charge in [0.2, 0.25) is 0 Å². The molecule has 1 fully saturated rings. The van der Waals surface area contributed by atoms with Gasteiger partial charge in [0.1, 0.15) is 0 Å². The van der Waals surface area contributed by atoms with E-state index in [0.717, 1.165) is 25.4 Å². The SMILES string of the molecule is CCCNC(CN1CCC(C)CC1)c1ccc(CC)cc1. The molecule has 1 aromatic rings. The molecule has 2 heteroatoms. The predicted octanol–water partition coefficient (Wildman–Crippen LogP) is 4.02. The van der Waals surface area contributed by atoms with Crippen LogP contribution < -0.4 is 5.32 Å². The second-order valence-corrected chi connectivity index (χ2v) is 6.58. The van der Waals surface area contributed by atoms with Crippen molar-refractivity contribution in [1.29, 1.82) is 0 Å². The highest BCUT2D eigenvalue weighted by atomic mass is 15.2. The van der Waals surface area contributed by atoms with Crippen molar-refractivity contribution in [3.63, 3.8) is 0 Å². The number of hydrogen-bond donors (Lipinski definition) is 1. The van der Waals surface area contributed by atoms with E-state index in [4.69, 9.17) is 0 Å². The molecule has 1 atom stereocenters. The number of nitrogens with one attached hydrogen (secondary N) is 1. The topological polar surface area (TPSA) is 15.3 Å². The number of nitrogens with zero attached hydrogens (tertiary/aromatic N) is 1. The first-order valence-corrected chi connectivity index (χ1v) is 8.77. The van der Waals surface area contributed by atoms with Gasteiger partial charge in [-0.15, -0.1) is 0 Å². The summed E-state index contributed by atoms with van der Waals surface area (Å²) in [5.41, 5.74) is 2.87. The minimum absolute atomic E-state index is 0.476. The fraction of sp³-hybridized carbons (Fsp3) is 0.684. The van der Waals surface area contributed by atoms with Gasteiger partial charge >= 0.3 is 0 Å². The number of piperidine rings is 1. The summed E-state index contributed by atoms with van der Waals surface area (Å²) in [6, 6.07) is 9.68. The monoisotopic (exact) mass is 288 g/mol. The van der Waals surface area contributed by atoms with Crippen LogP contribution in [-0.2, 0) is 6.42 Å². The van der Waals surface area contributed by atoms with Crippen LogP contribution in [0.5, 0.6) is 0 Å². The van der Waals surface area contributed by atoms with Crippen LogP contribution in [-0.4, -0.2) is 31.1 Å². The van der Waals surface area contributed by atoms with Crippen molar-refractivity contribution in [2.75, 3.05) is 26.2 Å². The lowest BCUT2D eigenvalue weighted by Gasteiger charge is -2.33. The van der Waals surface area contributed by atoms with Gasteiger partial charge in [-0.25, -0.2) is 0 Å². The maximum absolute atomic E-state index is 3.74. The molecule has 21 heavy (non-hydrogen) atoms. The van der Waals surface area contributed by atoms with E-state index in [9.17, 15) is 0 Å². The Morgan fingerprint density at radius 3 is 2.38 bits per heavy atom. The normalized spacial score (nSPS) is 18.8. The molecule has 1 aliphatic rings. The predicted molar refractivity (Wildman–Crippen MR) is 91.7 cm³/mol. The van der Waals surface area contributed by atoms with Crippen molar-refractivity contribution in [2.24, 2.45) is 5.92 Å². The lowest BCUT2D eigenvalue weighted by atomic mass is 9.97. The molecule has 0 radical (unpaired) electrons. The first-order chi connectivity index (χ1) is 10.2. The molecule has 2 nitrogen and oxygen atoms in total. The largest absolute Gasteiger partial charge is 0.309 e. The molecule has 1 unspecified atom stereocenters. The maximum atomic E-state index is 3.74. The first kappa shape index (κ1) is 16.5. The summed E-state index contributed by atoms with van der Waals surface area (Å²) in [6.45, 7) is 11.6. The molecule has 118 valence electrons. The van der Waals surface area contributed by atoms with Crippen LogP contribution in [0.15, 0.2) is 24.3 Å². The van der Waals surface area contributed by atoms with Crippen LogP contribution in [0.25, 0.3) is 0 Å². The Kier molecular flexibility index (Phi) is 6.72. The third kappa shape index (κ3) is 5.12. The fourth-order valence-electron chi connectivity index (χ4n) is 3.09. The molecule has 0 aliphatic carbocycles. The van der Waals surface area contributed by atoms with E-state index in [0.29, 0.717) is 6.04 Å². The van der Waals surface area contributed by atoms with Crippen molar-refractivity contribution in [3.8, 4) is 0 Å². The lowest BCUT2D eigenvalue weighted by Crippen LogP contribution is -2.39. The Morgan fingerprint density at radius 2 is 1.81 bits per heavy atom. The molecule has 1 N–H and O–H groups in total. The summed E-state index contributed by atoms with van der Waals surface area (Å²) in [6.07, 6.45) is 5.03. The van der Waals surface area contributed by atoms with Crippen molar-refractivity contribution >= 4 is 0 Å². The summed E-state index contributed by atoms with van der Waals surface area (Å²) in [4.78, 5) is 2.64. The van der Waals surface area contributed by atoms with E-state index >= 15 is 0 Å². The van der Waals surface area contributed by atoms with E-state index < -0.39 is 0 Å². The molecular weight excluding hydrogens is 256 g/mol. The van der Waals surface area contributed by atoms with Gasteiger partial charge < -0.3 is 10.2 Å². The number of benzene rings is 1. The van der Waals surface area contributed by atoms with E-state index in [1.807, 2.05) is 0 Å². The highest BCUT2D eigenvalue weighted by molar-refractivity contribution is 5.25. The van der Waals surface area contributed by atoms with Gasteiger partial charge in [-0.3, -0.25) is 0 Å². The summed E-state index contributed by atoms with van der Waals surface area (Å²) in [7, 11) is 0. The van der Waals surface area contributed by atoms with Crippen LogP contribution >= 0.6 is 0 Å². The minimum Gasteiger partial charge on any atom is -0.309 e. The molecule has 0 amide bonds. The maximum Gasteiger partial charge on any atom is 0.0449 e. The van der Waals surface area contributed by atoms with Crippen LogP contribution in [0, 0.1) is 5.92 Å². The van der Waals surface area contributed by atoms with Gasteiger partial charge in [-0.1, -0.05) is 45.0 Å². The standard InChI is InChI=1S/C19H32N2/c1-4-12-20-19(15-21-13-10-16(3)11-14-21)18-8-6-17(5-2)7-9-18/h6-9,16,19-20H,4-5,10-15H2,1-3H3. The molecular formula is C19H32N2. The third-order valence-electron chi connectivity index (χ3n) is 4.75. The number of aryl methyl sites for hydroxylation is 1. The van der Waals surface area contributed by atoms with E-state index in [-0.39, 0.29) is 0 Å². The Hall–Kier alpha value is -0.860. The van der Waals surface area contributed by atoms with Crippen LogP contribution in [0.1, 0.15) is 57.2 Å². The quantitative estimate of drug-likeness (QED) is 0.815. The van der Waals surface area contributed by atoms with Crippen molar-refractivity contribution < 1.29 is 0 Å². The van der Waals surface area contributed by atoms with Crippen molar-refractivity contribution in [2.45, 2.75) is 52.5 Å². The second-order valence-electron chi connectivity index (χ2n) is 6.58. The number of likely N-dealkylation sites (tertiary alicyclic amines) is 1. The van der Waals surface area contributed by atoms with Gasteiger partial charge in [0, 0.05) is 12.6 Å². The van der Waals surface area contributed by atoms with Crippen LogP contribution in [0.3, 0.4) is 0 Å². The van der Waals surface area contributed by atoms with Crippen molar-refractivity contribution in [1.82, 2.24) is 10.2 Å². The summed E-state index contributed by atoms with van der Waals surface area (Å²) in [5.74, 6) is 0.909. The summed E-state index contributed by atoms with van der Waals surface area (Å²) >= 11 is 0. The lowest BCUT2D eigenvalue weighted by molar-refractivity contribution is 0.175. The molecule has 0 aromatic heterocycles. The molecule has 0 spiro atoms. The van der Waals surface area contributed by atoms with Gasteiger partial charge in [-0.2, -0.15) is 0 Å². The van der Waals surface area contributed by atoms with E-state index in [1.54, 1.807) is 0 Å². The second kappa shape index (κ2) is 8.55. The zero-order valence-electron chi connectivity index (χ0n) is 14.1. The van der Waals surface area contributed by atoms with E-state index in [1.165, 1.54) is 43.5 Å². The first-order valence-electron chi connectivity index (χ1n) is 8.77. The van der Waals surface area contributed by atoms with Gasteiger partial charge in [0.05, 0.1) is 0 Å².